The average Bonchev–Trinajstić information content (AvgIpc) is 2.81. The maximum absolute atomic E-state index is 5.68. The summed E-state index contributed by atoms with van der Waals surface area (Å²) in [7, 11) is 0. The van der Waals surface area contributed by atoms with Crippen LogP contribution in [0.3, 0.4) is 0 Å². The molecule has 15 heavy (non-hydrogen) atoms. The molecular weight excluding hydrogens is 204 g/mol. The summed E-state index contributed by atoms with van der Waals surface area (Å²) in [5.74, 6) is 1.10. The van der Waals surface area contributed by atoms with Crippen LogP contribution in [0.2, 0.25) is 0 Å². The van der Waals surface area contributed by atoms with Crippen LogP contribution < -0.4 is 0 Å². The van der Waals surface area contributed by atoms with Crippen molar-refractivity contribution in [3.63, 3.8) is 0 Å². The average molecular weight is 222 g/mol. The normalized spacial score (nSPS) is 22.9. The molecule has 2 atom stereocenters. The second kappa shape index (κ2) is 5.57. The fourth-order valence-corrected chi connectivity index (χ4v) is 2.96. The molecule has 0 bridgehead atoms. The molecule has 0 amide bonds. The Bertz CT molecular complexity index is 280. The summed E-state index contributed by atoms with van der Waals surface area (Å²) in [5, 5.41) is 0.618. The molecule has 0 spiro atoms. The smallest absolute Gasteiger partial charge is 0.0691 e. The van der Waals surface area contributed by atoms with Crippen molar-refractivity contribution in [1.82, 2.24) is 0 Å². The standard InChI is InChI=1S/C13H18OS/c1-11(13-8-5-9-14-13)15-10-12-6-3-2-4-7-12/h2-4,6-7,11,13H,5,8-10H2,1H3/t11-,13-/m0/s1. The van der Waals surface area contributed by atoms with E-state index < -0.39 is 0 Å². The highest BCUT2D eigenvalue weighted by molar-refractivity contribution is 7.99. The van der Waals surface area contributed by atoms with E-state index in [0.717, 1.165) is 12.4 Å². The van der Waals surface area contributed by atoms with Gasteiger partial charge in [-0.1, -0.05) is 37.3 Å². The van der Waals surface area contributed by atoms with E-state index in [9.17, 15) is 0 Å². The van der Waals surface area contributed by atoms with Gasteiger partial charge < -0.3 is 4.74 Å². The molecular formula is C13H18OS. The second-order valence-electron chi connectivity index (χ2n) is 4.05. The van der Waals surface area contributed by atoms with Crippen molar-refractivity contribution in [1.29, 1.82) is 0 Å². The quantitative estimate of drug-likeness (QED) is 0.771. The molecule has 2 heteroatoms. The predicted molar refractivity (Wildman–Crippen MR) is 66.2 cm³/mol. The summed E-state index contributed by atoms with van der Waals surface area (Å²) in [6, 6.07) is 10.7. The molecule has 2 rings (SSSR count). The SMILES string of the molecule is C[C@H](SCc1ccccc1)[C@@H]1CCCO1. The van der Waals surface area contributed by atoms with Crippen molar-refractivity contribution in [3.8, 4) is 0 Å². The van der Waals surface area contributed by atoms with Crippen molar-refractivity contribution >= 4 is 11.8 Å². The van der Waals surface area contributed by atoms with Gasteiger partial charge in [0.25, 0.3) is 0 Å². The van der Waals surface area contributed by atoms with Crippen LogP contribution in [0.5, 0.6) is 0 Å². The third kappa shape index (κ3) is 3.25. The number of thioether (sulfide) groups is 1. The molecule has 0 aromatic heterocycles. The molecule has 82 valence electrons. The minimum Gasteiger partial charge on any atom is -0.377 e. The molecule has 1 aromatic rings. The van der Waals surface area contributed by atoms with E-state index in [-0.39, 0.29) is 0 Å². The number of ether oxygens (including phenoxy) is 1. The highest BCUT2D eigenvalue weighted by atomic mass is 32.2. The third-order valence-electron chi connectivity index (χ3n) is 2.84. The van der Waals surface area contributed by atoms with Gasteiger partial charge in [0.15, 0.2) is 0 Å². The molecule has 0 aliphatic carbocycles. The lowest BCUT2D eigenvalue weighted by molar-refractivity contribution is 0.112. The Morgan fingerprint density at radius 1 is 1.40 bits per heavy atom. The van der Waals surface area contributed by atoms with Crippen LogP contribution in [0.25, 0.3) is 0 Å². The lowest BCUT2D eigenvalue weighted by Crippen LogP contribution is -2.18. The van der Waals surface area contributed by atoms with Crippen LogP contribution in [-0.2, 0) is 10.5 Å². The first kappa shape index (κ1) is 11.0. The Balaban J connectivity index is 1.77. The Morgan fingerprint density at radius 3 is 2.87 bits per heavy atom. The van der Waals surface area contributed by atoms with Crippen molar-refractivity contribution in [2.45, 2.75) is 36.9 Å². The minimum atomic E-state index is 0.485. The van der Waals surface area contributed by atoms with Gasteiger partial charge in [-0.15, -0.1) is 0 Å². The van der Waals surface area contributed by atoms with Crippen molar-refractivity contribution < 1.29 is 4.74 Å². The summed E-state index contributed by atoms with van der Waals surface area (Å²) in [6.45, 7) is 3.24. The van der Waals surface area contributed by atoms with E-state index in [0.29, 0.717) is 11.4 Å². The Labute approximate surface area is 96.2 Å². The Kier molecular flexibility index (Phi) is 4.09. The molecule has 0 saturated carbocycles. The van der Waals surface area contributed by atoms with E-state index in [1.54, 1.807) is 0 Å². The monoisotopic (exact) mass is 222 g/mol. The Hall–Kier alpha value is -0.470. The van der Waals surface area contributed by atoms with Crippen LogP contribution in [0, 0.1) is 0 Å². The largest absolute Gasteiger partial charge is 0.377 e. The summed E-state index contributed by atoms with van der Waals surface area (Å²) >= 11 is 2.00. The van der Waals surface area contributed by atoms with Gasteiger partial charge in [0, 0.05) is 17.6 Å². The molecule has 1 fully saturated rings. The van der Waals surface area contributed by atoms with Crippen LogP contribution in [0.15, 0.2) is 30.3 Å². The third-order valence-corrected chi connectivity index (χ3v) is 4.17. The first-order valence-electron chi connectivity index (χ1n) is 5.63. The van der Waals surface area contributed by atoms with Crippen LogP contribution in [0.1, 0.15) is 25.3 Å². The molecule has 1 saturated heterocycles. The molecule has 1 aliphatic rings. The molecule has 1 nitrogen and oxygen atoms in total. The van der Waals surface area contributed by atoms with Crippen molar-refractivity contribution in [2.75, 3.05) is 6.61 Å². The number of hydrogen-bond acceptors (Lipinski definition) is 2. The van der Waals surface area contributed by atoms with Gasteiger partial charge >= 0.3 is 0 Å². The Morgan fingerprint density at radius 2 is 2.20 bits per heavy atom. The first-order chi connectivity index (χ1) is 7.36. The molecule has 0 unspecified atom stereocenters. The lowest BCUT2D eigenvalue weighted by atomic mass is 10.2. The molecule has 0 N–H and O–H groups in total. The van der Waals surface area contributed by atoms with Crippen LogP contribution in [-0.4, -0.2) is 18.0 Å². The lowest BCUT2D eigenvalue weighted by Gasteiger charge is -2.17. The zero-order chi connectivity index (χ0) is 10.5. The zero-order valence-corrected chi connectivity index (χ0v) is 10.0. The van der Waals surface area contributed by atoms with Crippen LogP contribution in [0.4, 0.5) is 0 Å². The maximum Gasteiger partial charge on any atom is 0.0691 e. The number of rotatable bonds is 4. The van der Waals surface area contributed by atoms with Crippen molar-refractivity contribution in [3.05, 3.63) is 35.9 Å². The highest BCUT2D eigenvalue weighted by Crippen LogP contribution is 2.26. The molecule has 1 aliphatic heterocycles. The second-order valence-corrected chi connectivity index (χ2v) is 5.42. The first-order valence-corrected chi connectivity index (χ1v) is 6.68. The van der Waals surface area contributed by atoms with E-state index in [1.807, 2.05) is 11.8 Å². The molecule has 1 heterocycles. The number of hydrogen-bond donors (Lipinski definition) is 0. The summed E-state index contributed by atoms with van der Waals surface area (Å²) in [5.41, 5.74) is 1.41. The fourth-order valence-electron chi connectivity index (χ4n) is 1.88. The van der Waals surface area contributed by atoms with Gasteiger partial charge in [0.05, 0.1) is 6.10 Å². The topological polar surface area (TPSA) is 9.23 Å². The van der Waals surface area contributed by atoms with E-state index in [4.69, 9.17) is 4.74 Å². The zero-order valence-electron chi connectivity index (χ0n) is 9.19. The van der Waals surface area contributed by atoms with E-state index in [1.165, 1.54) is 18.4 Å². The van der Waals surface area contributed by atoms with Gasteiger partial charge in [-0.05, 0) is 18.4 Å². The minimum absolute atomic E-state index is 0.485. The van der Waals surface area contributed by atoms with Gasteiger partial charge in [-0.25, -0.2) is 0 Å². The van der Waals surface area contributed by atoms with Gasteiger partial charge in [0.2, 0.25) is 0 Å². The van der Waals surface area contributed by atoms with Gasteiger partial charge in [-0.3, -0.25) is 0 Å². The highest BCUT2D eigenvalue weighted by Gasteiger charge is 2.22. The van der Waals surface area contributed by atoms with Crippen molar-refractivity contribution in [2.24, 2.45) is 0 Å². The fraction of sp³-hybridized carbons (Fsp3) is 0.538. The summed E-state index contributed by atoms with van der Waals surface area (Å²) in [6.07, 6.45) is 2.96. The van der Waals surface area contributed by atoms with E-state index in [2.05, 4.69) is 37.3 Å². The summed E-state index contributed by atoms with van der Waals surface area (Å²) in [4.78, 5) is 0. The summed E-state index contributed by atoms with van der Waals surface area (Å²) < 4.78 is 5.68. The van der Waals surface area contributed by atoms with Gasteiger partial charge in [-0.2, -0.15) is 11.8 Å². The predicted octanol–water partition coefficient (Wildman–Crippen LogP) is 3.49. The van der Waals surface area contributed by atoms with E-state index >= 15 is 0 Å². The van der Waals surface area contributed by atoms with Gasteiger partial charge in [0.1, 0.15) is 0 Å². The maximum atomic E-state index is 5.68. The molecule has 1 aromatic carbocycles. The molecule has 0 radical (unpaired) electrons. The van der Waals surface area contributed by atoms with Crippen LogP contribution >= 0.6 is 11.8 Å². The number of benzene rings is 1.